The number of hydrogen-bond donors (Lipinski definition) is 0. The lowest BCUT2D eigenvalue weighted by Gasteiger charge is -2.08. The SMILES string of the molecule is CC(C)C(=O)C1CCS(=O)(=O)C1. The van der Waals surface area contributed by atoms with Crippen molar-refractivity contribution in [3.63, 3.8) is 0 Å². The van der Waals surface area contributed by atoms with Crippen molar-refractivity contribution < 1.29 is 13.2 Å². The Morgan fingerprint density at radius 2 is 2.00 bits per heavy atom. The second-order valence-corrected chi connectivity index (χ2v) is 5.89. The molecule has 0 aromatic rings. The predicted molar refractivity (Wildman–Crippen MR) is 46.6 cm³/mol. The molecule has 1 aliphatic heterocycles. The van der Waals surface area contributed by atoms with Gasteiger partial charge in [0.1, 0.15) is 5.78 Å². The summed E-state index contributed by atoms with van der Waals surface area (Å²) in [6.45, 7) is 3.63. The molecule has 0 saturated carbocycles. The third-order valence-electron chi connectivity index (χ3n) is 2.20. The smallest absolute Gasteiger partial charge is 0.151 e. The number of rotatable bonds is 2. The van der Waals surface area contributed by atoms with E-state index in [9.17, 15) is 13.2 Å². The second kappa shape index (κ2) is 3.17. The zero-order valence-corrected chi connectivity index (χ0v) is 8.23. The van der Waals surface area contributed by atoms with E-state index < -0.39 is 9.84 Å². The Morgan fingerprint density at radius 3 is 2.33 bits per heavy atom. The van der Waals surface area contributed by atoms with Crippen molar-refractivity contribution in [2.75, 3.05) is 11.5 Å². The second-order valence-electron chi connectivity index (χ2n) is 3.66. The van der Waals surface area contributed by atoms with E-state index >= 15 is 0 Å². The highest BCUT2D eigenvalue weighted by Crippen LogP contribution is 2.21. The maximum atomic E-state index is 11.4. The Kier molecular flexibility index (Phi) is 2.56. The maximum absolute atomic E-state index is 11.4. The molecule has 1 rings (SSSR count). The molecule has 1 saturated heterocycles. The van der Waals surface area contributed by atoms with Gasteiger partial charge in [-0.05, 0) is 6.42 Å². The minimum atomic E-state index is -2.89. The molecule has 0 aromatic heterocycles. The van der Waals surface area contributed by atoms with E-state index in [1.807, 2.05) is 13.8 Å². The number of carbonyl (C=O) groups excluding carboxylic acids is 1. The van der Waals surface area contributed by atoms with Gasteiger partial charge in [-0.25, -0.2) is 8.42 Å². The van der Waals surface area contributed by atoms with Crippen molar-refractivity contribution in [1.82, 2.24) is 0 Å². The normalized spacial score (nSPS) is 27.8. The lowest BCUT2D eigenvalue weighted by atomic mass is 9.95. The van der Waals surface area contributed by atoms with Crippen LogP contribution in [-0.2, 0) is 14.6 Å². The van der Waals surface area contributed by atoms with Gasteiger partial charge in [0.25, 0.3) is 0 Å². The summed E-state index contributed by atoms with van der Waals surface area (Å²) >= 11 is 0. The lowest BCUT2D eigenvalue weighted by Crippen LogP contribution is -2.20. The number of Topliss-reactive ketones (excluding diaryl/α,β-unsaturated/α-hetero) is 1. The first-order valence-electron chi connectivity index (χ1n) is 4.16. The Morgan fingerprint density at radius 1 is 1.42 bits per heavy atom. The topological polar surface area (TPSA) is 51.2 Å². The molecule has 0 bridgehead atoms. The molecule has 0 amide bonds. The summed E-state index contributed by atoms with van der Waals surface area (Å²) in [7, 11) is -2.89. The molecule has 70 valence electrons. The van der Waals surface area contributed by atoms with Crippen LogP contribution in [0, 0.1) is 11.8 Å². The Balaban J connectivity index is 2.65. The summed E-state index contributed by atoms with van der Waals surface area (Å²) in [5.41, 5.74) is 0. The molecule has 4 heteroatoms. The highest BCUT2D eigenvalue weighted by molar-refractivity contribution is 7.91. The molecule has 0 spiro atoms. The molecular weight excluding hydrogens is 176 g/mol. The Labute approximate surface area is 73.1 Å². The van der Waals surface area contributed by atoms with Gasteiger partial charge in [0, 0.05) is 11.8 Å². The molecule has 3 nitrogen and oxygen atoms in total. The molecule has 1 atom stereocenters. The van der Waals surface area contributed by atoms with Crippen molar-refractivity contribution in [1.29, 1.82) is 0 Å². The van der Waals surface area contributed by atoms with E-state index in [4.69, 9.17) is 0 Å². The lowest BCUT2D eigenvalue weighted by molar-refractivity contribution is -0.125. The van der Waals surface area contributed by atoms with Crippen LogP contribution >= 0.6 is 0 Å². The highest BCUT2D eigenvalue weighted by atomic mass is 32.2. The van der Waals surface area contributed by atoms with Crippen LogP contribution in [0.1, 0.15) is 20.3 Å². The van der Waals surface area contributed by atoms with Gasteiger partial charge in [0.05, 0.1) is 11.5 Å². The van der Waals surface area contributed by atoms with Crippen LogP contribution in [-0.4, -0.2) is 25.7 Å². The van der Waals surface area contributed by atoms with E-state index in [1.165, 1.54) is 0 Å². The Bertz CT molecular complexity index is 277. The molecule has 12 heavy (non-hydrogen) atoms. The summed E-state index contributed by atoms with van der Waals surface area (Å²) < 4.78 is 22.0. The van der Waals surface area contributed by atoms with Crippen molar-refractivity contribution in [2.24, 2.45) is 11.8 Å². The summed E-state index contributed by atoms with van der Waals surface area (Å²) in [6, 6.07) is 0. The number of sulfone groups is 1. The first-order chi connectivity index (χ1) is 5.42. The average molecular weight is 190 g/mol. The zero-order chi connectivity index (χ0) is 9.35. The number of hydrogen-bond acceptors (Lipinski definition) is 3. The van der Waals surface area contributed by atoms with Gasteiger partial charge < -0.3 is 0 Å². The molecule has 0 aromatic carbocycles. The molecule has 1 fully saturated rings. The molecule has 0 aliphatic carbocycles. The van der Waals surface area contributed by atoms with Crippen LogP contribution < -0.4 is 0 Å². The number of carbonyl (C=O) groups is 1. The molecule has 0 N–H and O–H groups in total. The minimum Gasteiger partial charge on any atom is -0.299 e. The van der Waals surface area contributed by atoms with E-state index in [0.29, 0.717) is 6.42 Å². The first kappa shape index (κ1) is 9.71. The Hall–Kier alpha value is -0.380. The van der Waals surface area contributed by atoms with Gasteiger partial charge in [0.2, 0.25) is 0 Å². The van der Waals surface area contributed by atoms with Gasteiger partial charge in [-0.15, -0.1) is 0 Å². The van der Waals surface area contributed by atoms with Gasteiger partial charge in [-0.2, -0.15) is 0 Å². The van der Waals surface area contributed by atoms with E-state index in [0.717, 1.165) is 0 Å². The summed E-state index contributed by atoms with van der Waals surface area (Å²) in [4.78, 5) is 11.4. The van der Waals surface area contributed by atoms with Gasteiger partial charge in [0.15, 0.2) is 9.84 Å². The summed E-state index contributed by atoms with van der Waals surface area (Å²) in [5.74, 6) is 0.0922. The summed E-state index contributed by atoms with van der Waals surface area (Å²) in [5, 5.41) is 0. The van der Waals surface area contributed by atoms with Crippen LogP contribution in [0.4, 0.5) is 0 Å². The quantitative estimate of drug-likeness (QED) is 0.642. The third kappa shape index (κ3) is 2.06. The maximum Gasteiger partial charge on any atom is 0.151 e. The molecule has 0 radical (unpaired) electrons. The minimum absolute atomic E-state index is 0.0386. The van der Waals surface area contributed by atoms with Crippen LogP contribution in [0.15, 0.2) is 0 Å². The summed E-state index contributed by atoms with van der Waals surface area (Å²) in [6.07, 6.45) is 0.527. The van der Waals surface area contributed by atoms with Crippen LogP contribution in [0.3, 0.4) is 0 Å². The van der Waals surface area contributed by atoms with E-state index in [-0.39, 0.29) is 29.1 Å². The largest absolute Gasteiger partial charge is 0.299 e. The van der Waals surface area contributed by atoms with Crippen molar-refractivity contribution in [3.05, 3.63) is 0 Å². The van der Waals surface area contributed by atoms with Gasteiger partial charge >= 0.3 is 0 Å². The van der Waals surface area contributed by atoms with Gasteiger partial charge in [-0.3, -0.25) is 4.79 Å². The average Bonchev–Trinajstić information content (AvgIpc) is 2.28. The van der Waals surface area contributed by atoms with E-state index in [2.05, 4.69) is 0 Å². The van der Waals surface area contributed by atoms with Crippen molar-refractivity contribution >= 4 is 15.6 Å². The van der Waals surface area contributed by atoms with Crippen LogP contribution in [0.2, 0.25) is 0 Å². The zero-order valence-electron chi connectivity index (χ0n) is 7.41. The first-order valence-corrected chi connectivity index (χ1v) is 5.98. The molecule has 1 heterocycles. The molecule has 1 unspecified atom stereocenters. The van der Waals surface area contributed by atoms with Crippen LogP contribution in [0.25, 0.3) is 0 Å². The van der Waals surface area contributed by atoms with Gasteiger partial charge in [-0.1, -0.05) is 13.8 Å². The van der Waals surface area contributed by atoms with E-state index in [1.54, 1.807) is 0 Å². The fourth-order valence-electron chi connectivity index (χ4n) is 1.49. The predicted octanol–water partition coefficient (Wildman–Crippen LogP) is 0.646. The molecular formula is C8H14O3S. The standard InChI is InChI=1S/C8H14O3S/c1-6(2)8(9)7-3-4-12(10,11)5-7/h6-7H,3-5H2,1-2H3. The fraction of sp³-hybridized carbons (Fsp3) is 0.875. The number of ketones is 1. The van der Waals surface area contributed by atoms with Crippen LogP contribution in [0.5, 0.6) is 0 Å². The monoisotopic (exact) mass is 190 g/mol. The van der Waals surface area contributed by atoms with Crippen molar-refractivity contribution in [3.8, 4) is 0 Å². The molecule has 1 aliphatic rings. The third-order valence-corrected chi connectivity index (χ3v) is 3.97. The fourth-order valence-corrected chi connectivity index (χ4v) is 3.25. The highest BCUT2D eigenvalue weighted by Gasteiger charge is 2.33. The van der Waals surface area contributed by atoms with Crippen molar-refractivity contribution in [2.45, 2.75) is 20.3 Å².